The van der Waals surface area contributed by atoms with Crippen molar-refractivity contribution in [3.8, 4) is 5.75 Å². The maximum atomic E-state index is 12.2. The van der Waals surface area contributed by atoms with Crippen LogP contribution < -0.4 is 4.74 Å². The van der Waals surface area contributed by atoms with Gasteiger partial charge < -0.3 is 4.74 Å². The summed E-state index contributed by atoms with van der Waals surface area (Å²) < 4.78 is 30.8. The molecule has 2 aliphatic heterocycles. The van der Waals surface area contributed by atoms with Crippen LogP contribution in [0.25, 0.3) is 0 Å². The zero-order valence-electron chi connectivity index (χ0n) is 9.26. The van der Waals surface area contributed by atoms with Gasteiger partial charge in [0.05, 0.1) is 18.1 Å². The largest absolute Gasteiger partial charge is 0.493 e. The highest BCUT2D eigenvalue weighted by molar-refractivity contribution is 7.89. The minimum atomic E-state index is -3.50. The van der Waals surface area contributed by atoms with Crippen molar-refractivity contribution < 1.29 is 18.0 Å². The van der Waals surface area contributed by atoms with Gasteiger partial charge in [-0.15, -0.1) is 0 Å². The average molecular weight is 255 g/mol. The van der Waals surface area contributed by atoms with E-state index in [4.69, 9.17) is 9.57 Å². The molecule has 17 heavy (non-hydrogen) atoms. The lowest BCUT2D eigenvalue weighted by atomic mass is 10.2. The van der Waals surface area contributed by atoms with Crippen molar-refractivity contribution in [2.45, 2.75) is 17.7 Å². The predicted molar refractivity (Wildman–Crippen MR) is 60.1 cm³/mol. The number of rotatable bonds is 2. The summed E-state index contributed by atoms with van der Waals surface area (Å²) in [5, 5.41) is 0. The molecule has 1 fully saturated rings. The van der Waals surface area contributed by atoms with E-state index in [0.29, 0.717) is 19.8 Å². The Kier molecular flexibility index (Phi) is 2.57. The van der Waals surface area contributed by atoms with Gasteiger partial charge in [-0.25, -0.2) is 8.42 Å². The summed E-state index contributed by atoms with van der Waals surface area (Å²) in [6.45, 7) is 1.52. The van der Waals surface area contributed by atoms with Crippen molar-refractivity contribution in [1.29, 1.82) is 0 Å². The SMILES string of the molecule is O=S(=O)(c1ccc2c(c1)CCO2)N1CCCO1. The summed E-state index contributed by atoms with van der Waals surface area (Å²) >= 11 is 0. The fourth-order valence-electron chi connectivity index (χ4n) is 2.06. The fraction of sp³-hybridized carbons (Fsp3) is 0.455. The second kappa shape index (κ2) is 3.97. The monoisotopic (exact) mass is 255 g/mol. The molecular weight excluding hydrogens is 242 g/mol. The number of hydrogen-bond acceptors (Lipinski definition) is 4. The second-order valence-electron chi connectivity index (χ2n) is 4.09. The molecule has 0 bridgehead atoms. The molecule has 1 aromatic rings. The van der Waals surface area contributed by atoms with E-state index in [1.807, 2.05) is 0 Å². The van der Waals surface area contributed by atoms with Crippen LogP contribution in [0.4, 0.5) is 0 Å². The van der Waals surface area contributed by atoms with Gasteiger partial charge in [0, 0.05) is 13.0 Å². The molecule has 6 heteroatoms. The van der Waals surface area contributed by atoms with E-state index in [2.05, 4.69) is 0 Å². The highest BCUT2D eigenvalue weighted by Gasteiger charge is 2.29. The first-order valence-corrected chi connectivity index (χ1v) is 7.03. The van der Waals surface area contributed by atoms with Gasteiger partial charge >= 0.3 is 0 Å². The number of sulfonamides is 1. The van der Waals surface area contributed by atoms with Crippen LogP contribution in [0.2, 0.25) is 0 Å². The van der Waals surface area contributed by atoms with Crippen LogP contribution in [0.15, 0.2) is 23.1 Å². The molecule has 2 aliphatic rings. The Morgan fingerprint density at radius 3 is 2.88 bits per heavy atom. The van der Waals surface area contributed by atoms with Gasteiger partial charge in [-0.05, 0) is 30.2 Å². The topological polar surface area (TPSA) is 55.8 Å². The van der Waals surface area contributed by atoms with E-state index in [9.17, 15) is 8.42 Å². The van der Waals surface area contributed by atoms with E-state index < -0.39 is 10.0 Å². The molecule has 2 heterocycles. The van der Waals surface area contributed by atoms with Crippen LogP contribution >= 0.6 is 0 Å². The lowest BCUT2D eigenvalue weighted by molar-refractivity contribution is -0.0284. The molecule has 92 valence electrons. The van der Waals surface area contributed by atoms with E-state index in [-0.39, 0.29) is 4.90 Å². The van der Waals surface area contributed by atoms with Gasteiger partial charge in [0.15, 0.2) is 0 Å². The Bertz CT molecular complexity index is 534. The zero-order valence-corrected chi connectivity index (χ0v) is 10.1. The van der Waals surface area contributed by atoms with Gasteiger partial charge in [-0.2, -0.15) is 0 Å². The zero-order chi connectivity index (χ0) is 11.9. The third kappa shape index (κ3) is 1.82. The highest BCUT2D eigenvalue weighted by Crippen LogP contribution is 2.29. The van der Waals surface area contributed by atoms with Crippen LogP contribution in [0, 0.1) is 0 Å². The van der Waals surface area contributed by atoms with E-state index in [1.165, 1.54) is 0 Å². The third-order valence-electron chi connectivity index (χ3n) is 2.95. The summed E-state index contributed by atoms with van der Waals surface area (Å²) in [7, 11) is -3.50. The molecule has 0 spiro atoms. The fourth-order valence-corrected chi connectivity index (χ4v) is 3.40. The van der Waals surface area contributed by atoms with Crippen molar-refractivity contribution >= 4 is 10.0 Å². The van der Waals surface area contributed by atoms with Gasteiger partial charge in [-0.3, -0.25) is 4.84 Å². The Balaban J connectivity index is 1.98. The first-order valence-electron chi connectivity index (χ1n) is 5.59. The summed E-state index contributed by atoms with van der Waals surface area (Å²) in [5.74, 6) is 0.784. The quantitative estimate of drug-likeness (QED) is 0.789. The summed E-state index contributed by atoms with van der Waals surface area (Å²) in [5.41, 5.74) is 0.949. The standard InChI is InChI=1S/C11H13NO4S/c13-17(14,12-5-1-6-16-12)10-2-3-11-9(8-10)4-7-15-11/h2-3,8H,1,4-7H2. The first kappa shape index (κ1) is 11.0. The highest BCUT2D eigenvalue weighted by atomic mass is 32.2. The number of hydrogen-bond donors (Lipinski definition) is 0. The summed E-state index contributed by atoms with van der Waals surface area (Å²) in [4.78, 5) is 5.39. The molecular formula is C11H13NO4S. The van der Waals surface area contributed by atoms with Gasteiger partial charge in [0.1, 0.15) is 5.75 Å². The second-order valence-corrected chi connectivity index (χ2v) is 5.91. The summed E-state index contributed by atoms with van der Waals surface area (Å²) in [6.07, 6.45) is 1.51. The number of fused-ring (bicyclic) bond motifs is 1. The molecule has 1 aromatic carbocycles. The number of ether oxygens (including phenoxy) is 1. The third-order valence-corrected chi connectivity index (χ3v) is 4.62. The van der Waals surface area contributed by atoms with E-state index in [1.54, 1.807) is 18.2 Å². The Hall–Kier alpha value is -1.11. The molecule has 0 amide bonds. The van der Waals surface area contributed by atoms with Crippen LogP contribution in [0.5, 0.6) is 5.75 Å². The number of nitrogens with zero attached hydrogens (tertiary/aromatic N) is 1. The first-order chi connectivity index (χ1) is 8.18. The van der Waals surface area contributed by atoms with Crippen molar-refractivity contribution in [2.75, 3.05) is 19.8 Å². The molecule has 5 nitrogen and oxygen atoms in total. The van der Waals surface area contributed by atoms with Crippen LogP contribution in [0.1, 0.15) is 12.0 Å². The van der Waals surface area contributed by atoms with Crippen LogP contribution in [0.3, 0.4) is 0 Å². The Morgan fingerprint density at radius 2 is 2.12 bits per heavy atom. The molecule has 0 radical (unpaired) electrons. The number of benzene rings is 1. The Labute approximate surface area is 99.9 Å². The molecule has 0 saturated carbocycles. The van der Waals surface area contributed by atoms with Gasteiger partial charge in [-0.1, -0.05) is 4.47 Å². The van der Waals surface area contributed by atoms with Crippen molar-refractivity contribution in [3.63, 3.8) is 0 Å². The maximum Gasteiger partial charge on any atom is 0.265 e. The van der Waals surface area contributed by atoms with Crippen molar-refractivity contribution in [1.82, 2.24) is 4.47 Å². The minimum Gasteiger partial charge on any atom is -0.493 e. The van der Waals surface area contributed by atoms with E-state index in [0.717, 1.165) is 28.6 Å². The van der Waals surface area contributed by atoms with Crippen molar-refractivity contribution in [3.05, 3.63) is 23.8 Å². The lowest BCUT2D eigenvalue weighted by Gasteiger charge is -2.14. The van der Waals surface area contributed by atoms with Gasteiger partial charge in [0.25, 0.3) is 10.0 Å². The molecule has 3 rings (SSSR count). The normalized spacial score (nSPS) is 20.2. The minimum absolute atomic E-state index is 0.281. The molecule has 0 aromatic heterocycles. The van der Waals surface area contributed by atoms with Crippen molar-refractivity contribution in [2.24, 2.45) is 0 Å². The maximum absolute atomic E-state index is 12.2. The molecule has 0 atom stereocenters. The molecule has 0 aliphatic carbocycles. The van der Waals surface area contributed by atoms with E-state index >= 15 is 0 Å². The molecule has 0 unspecified atom stereocenters. The molecule has 0 N–H and O–H groups in total. The number of hydroxylamine groups is 1. The Morgan fingerprint density at radius 1 is 1.24 bits per heavy atom. The molecule has 1 saturated heterocycles. The van der Waals surface area contributed by atoms with Crippen LogP contribution in [-0.4, -0.2) is 32.6 Å². The predicted octanol–water partition coefficient (Wildman–Crippen LogP) is 0.948. The average Bonchev–Trinajstić information content (AvgIpc) is 2.99. The lowest BCUT2D eigenvalue weighted by Crippen LogP contribution is -2.26. The summed E-state index contributed by atoms with van der Waals surface area (Å²) in [6, 6.07) is 4.96. The smallest absolute Gasteiger partial charge is 0.265 e. The van der Waals surface area contributed by atoms with Gasteiger partial charge in [0.2, 0.25) is 0 Å². The van der Waals surface area contributed by atoms with Crippen LogP contribution in [-0.2, 0) is 21.3 Å².